The van der Waals surface area contributed by atoms with Gasteiger partial charge in [-0.2, -0.15) is 0 Å². The number of thioether (sulfide) groups is 1. The highest BCUT2D eigenvalue weighted by atomic mass is 32.2. The summed E-state index contributed by atoms with van der Waals surface area (Å²) in [5.41, 5.74) is 1.53. The molecule has 9 nitrogen and oxygen atoms in total. The molecule has 1 aliphatic heterocycles. The molecule has 1 N–H and O–H groups in total. The van der Waals surface area contributed by atoms with Gasteiger partial charge >= 0.3 is 5.97 Å². The highest BCUT2D eigenvalue weighted by Gasteiger charge is 2.16. The highest BCUT2D eigenvalue weighted by Crippen LogP contribution is 2.35. The molecular weight excluding hydrogens is 424 g/mol. The summed E-state index contributed by atoms with van der Waals surface area (Å²) in [5, 5.41) is 17.2. The molecule has 160 valence electrons. The number of rotatable bonds is 8. The number of carbonyl (C=O) groups is 1. The Morgan fingerprint density at radius 1 is 1.16 bits per heavy atom. The first kappa shape index (κ1) is 20.6. The van der Waals surface area contributed by atoms with E-state index in [9.17, 15) is 9.90 Å². The van der Waals surface area contributed by atoms with Crippen molar-refractivity contribution >= 4 is 23.8 Å². The minimum absolute atomic E-state index is 0.0275. The fourth-order valence-electron chi connectivity index (χ4n) is 2.78. The van der Waals surface area contributed by atoms with Crippen LogP contribution in [0, 0.1) is 6.92 Å². The molecule has 10 heteroatoms. The van der Waals surface area contributed by atoms with Gasteiger partial charge in [0.1, 0.15) is 11.5 Å². The predicted molar refractivity (Wildman–Crippen MR) is 110 cm³/mol. The van der Waals surface area contributed by atoms with Crippen molar-refractivity contribution in [2.75, 3.05) is 13.9 Å². The summed E-state index contributed by atoms with van der Waals surface area (Å²) in [7, 11) is 1.52. The lowest BCUT2D eigenvalue weighted by Crippen LogP contribution is -1.99. The zero-order chi connectivity index (χ0) is 21.8. The van der Waals surface area contributed by atoms with Crippen molar-refractivity contribution in [2.45, 2.75) is 18.8 Å². The Hall–Kier alpha value is -3.66. The van der Waals surface area contributed by atoms with E-state index in [0.29, 0.717) is 41.1 Å². The SMILES string of the molecule is COc1cc(/C=C(\Sc2nnc(C)o2)C(=O)O)ccc1OCc1ccc2c(c1)OCO2. The van der Waals surface area contributed by atoms with Crippen LogP contribution >= 0.6 is 11.8 Å². The molecule has 4 rings (SSSR count). The van der Waals surface area contributed by atoms with Crippen LogP contribution in [0.25, 0.3) is 6.08 Å². The van der Waals surface area contributed by atoms with Crippen LogP contribution in [0.15, 0.2) is 50.9 Å². The van der Waals surface area contributed by atoms with Crippen molar-refractivity contribution in [2.24, 2.45) is 0 Å². The molecule has 0 bridgehead atoms. The molecular formula is C21H18N2O7S. The zero-order valence-corrected chi connectivity index (χ0v) is 17.5. The molecule has 3 aromatic rings. The van der Waals surface area contributed by atoms with Gasteiger partial charge in [0.2, 0.25) is 12.7 Å². The summed E-state index contributed by atoms with van der Waals surface area (Å²) in [6.07, 6.45) is 1.50. The van der Waals surface area contributed by atoms with Gasteiger partial charge in [0.25, 0.3) is 5.22 Å². The van der Waals surface area contributed by atoms with Crippen molar-refractivity contribution in [1.82, 2.24) is 10.2 Å². The van der Waals surface area contributed by atoms with E-state index in [2.05, 4.69) is 10.2 Å². The molecule has 0 spiro atoms. The van der Waals surface area contributed by atoms with Gasteiger partial charge in [-0.25, -0.2) is 4.79 Å². The van der Waals surface area contributed by atoms with Crippen LogP contribution < -0.4 is 18.9 Å². The Morgan fingerprint density at radius 3 is 2.74 bits per heavy atom. The molecule has 0 aliphatic carbocycles. The van der Waals surface area contributed by atoms with Gasteiger partial charge in [0.15, 0.2) is 23.0 Å². The maximum atomic E-state index is 11.6. The normalized spacial score (nSPS) is 12.6. The number of nitrogens with zero attached hydrogens (tertiary/aromatic N) is 2. The minimum atomic E-state index is -1.11. The van der Waals surface area contributed by atoms with Crippen LogP contribution in [0.5, 0.6) is 23.0 Å². The smallest absolute Gasteiger partial charge is 0.342 e. The van der Waals surface area contributed by atoms with E-state index in [1.807, 2.05) is 18.2 Å². The Balaban J connectivity index is 1.50. The number of carboxylic acid groups (broad SMARTS) is 1. The zero-order valence-electron chi connectivity index (χ0n) is 16.7. The van der Waals surface area contributed by atoms with Crippen molar-refractivity contribution in [3.05, 3.63) is 58.3 Å². The van der Waals surface area contributed by atoms with Gasteiger partial charge < -0.3 is 28.5 Å². The second-order valence-electron chi connectivity index (χ2n) is 6.39. The average Bonchev–Trinajstić information content (AvgIpc) is 3.40. The van der Waals surface area contributed by atoms with Gasteiger partial charge in [0, 0.05) is 6.92 Å². The minimum Gasteiger partial charge on any atom is -0.493 e. The molecule has 2 aromatic carbocycles. The van der Waals surface area contributed by atoms with Gasteiger partial charge in [-0.3, -0.25) is 0 Å². The fraction of sp³-hybridized carbons (Fsp3) is 0.190. The standard InChI is InChI=1S/C21H18N2O7S/c1-12-22-23-21(30-12)31-19(20(24)25)9-13-3-5-15(17(7-13)26-2)27-10-14-4-6-16-18(8-14)29-11-28-16/h3-9H,10-11H2,1-2H3,(H,24,25)/b19-9-. The van der Waals surface area contributed by atoms with E-state index in [1.54, 1.807) is 25.1 Å². The molecule has 0 radical (unpaired) electrons. The number of carboxylic acids is 1. The Morgan fingerprint density at radius 2 is 2.00 bits per heavy atom. The highest BCUT2D eigenvalue weighted by molar-refractivity contribution is 8.03. The predicted octanol–water partition coefficient (Wildman–Crippen LogP) is 3.91. The van der Waals surface area contributed by atoms with Gasteiger partial charge in [-0.1, -0.05) is 12.1 Å². The molecule has 31 heavy (non-hydrogen) atoms. The maximum absolute atomic E-state index is 11.6. The van der Waals surface area contributed by atoms with E-state index in [-0.39, 0.29) is 16.9 Å². The van der Waals surface area contributed by atoms with E-state index < -0.39 is 5.97 Å². The van der Waals surface area contributed by atoms with Crippen molar-refractivity contribution in [3.8, 4) is 23.0 Å². The van der Waals surface area contributed by atoms with E-state index in [0.717, 1.165) is 17.3 Å². The van der Waals surface area contributed by atoms with Crippen LogP contribution in [0.4, 0.5) is 0 Å². The van der Waals surface area contributed by atoms with Gasteiger partial charge in [-0.05, 0) is 53.2 Å². The van der Waals surface area contributed by atoms with E-state index >= 15 is 0 Å². The lowest BCUT2D eigenvalue weighted by Gasteiger charge is -2.12. The summed E-state index contributed by atoms with van der Waals surface area (Å²) in [6, 6.07) is 10.7. The summed E-state index contributed by atoms with van der Waals surface area (Å²) >= 11 is 0.875. The second-order valence-corrected chi connectivity index (χ2v) is 7.38. The molecule has 0 amide bonds. The maximum Gasteiger partial charge on any atom is 0.342 e. The van der Waals surface area contributed by atoms with Crippen LogP contribution in [-0.2, 0) is 11.4 Å². The van der Waals surface area contributed by atoms with Crippen LogP contribution in [0.3, 0.4) is 0 Å². The molecule has 0 saturated heterocycles. The quantitative estimate of drug-likeness (QED) is 0.407. The molecule has 1 aromatic heterocycles. The number of aryl methyl sites for hydroxylation is 1. The fourth-order valence-corrected chi connectivity index (χ4v) is 3.50. The molecule has 2 heterocycles. The topological polar surface area (TPSA) is 113 Å². The number of methoxy groups -OCH3 is 1. The largest absolute Gasteiger partial charge is 0.493 e. The Bertz CT molecular complexity index is 1140. The van der Waals surface area contributed by atoms with Crippen LogP contribution in [-0.4, -0.2) is 35.2 Å². The third kappa shape index (κ3) is 4.92. The summed E-state index contributed by atoms with van der Waals surface area (Å²) in [6.45, 7) is 2.15. The molecule has 0 atom stereocenters. The van der Waals surface area contributed by atoms with Crippen molar-refractivity contribution in [1.29, 1.82) is 0 Å². The first-order chi connectivity index (χ1) is 15.0. The van der Waals surface area contributed by atoms with Crippen molar-refractivity contribution in [3.63, 3.8) is 0 Å². The summed E-state index contributed by atoms with van der Waals surface area (Å²) in [4.78, 5) is 11.6. The summed E-state index contributed by atoms with van der Waals surface area (Å²) < 4.78 is 27.2. The number of ether oxygens (including phenoxy) is 4. The van der Waals surface area contributed by atoms with Crippen LogP contribution in [0.1, 0.15) is 17.0 Å². The van der Waals surface area contributed by atoms with Gasteiger partial charge in [0.05, 0.1) is 7.11 Å². The first-order valence-corrected chi connectivity index (χ1v) is 9.96. The number of aromatic nitrogens is 2. The van der Waals surface area contributed by atoms with E-state index in [1.165, 1.54) is 13.2 Å². The third-order valence-corrected chi connectivity index (χ3v) is 5.08. The molecule has 0 unspecified atom stereocenters. The average molecular weight is 442 g/mol. The molecule has 0 saturated carbocycles. The summed E-state index contributed by atoms with van der Waals surface area (Å²) in [5.74, 6) is 1.64. The molecule has 0 fully saturated rings. The molecule has 1 aliphatic rings. The lowest BCUT2D eigenvalue weighted by molar-refractivity contribution is -0.131. The monoisotopic (exact) mass is 442 g/mol. The van der Waals surface area contributed by atoms with Crippen molar-refractivity contribution < 1.29 is 33.3 Å². The Kier molecular flexibility index (Phi) is 5.99. The Labute approximate surface area is 181 Å². The number of hydrogen-bond donors (Lipinski definition) is 1. The van der Waals surface area contributed by atoms with Crippen LogP contribution in [0.2, 0.25) is 0 Å². The second kappa shape index (κ2) is 9.00. The number of aliphatic carboxylic acids is 1. The van der Waals surface area contributed by atoms with E-state index in [4.69, 9.17) is 23.4 Å². The lowest BCUT2D eigenvalue weighted by atomic mass is 10.2. The first-order valence-electron chi connectivity index (χ1n) is 9.14. The number of hydrogen-bond acceptors (Lipinski definition) is 9. The third-order valence-electron chi connectivity index (χ3n) is 4.23. The van der Waals surface area contributed by atoms with Gasteiger partial charge in [-0.15, -0.1) is 10.2 Å². The number of benzene rings is 2. The number of fused-ring (bicyclic) bond motifs is 1.